The van der Waals surface area contributed by atoms with Crippen molar-refractivity contribution in [2.24, 2.45) is 0 Å². The van der Waals surface area contributed by atoms with Gasteiger partial charge in [-0.15, -0.1) is 0 Å². The maximum atomic E-state index is 11.4. The SMILES string of the molecule is CC1=[N+]([O-])[C@H](C)[C@H](c2ccccc2)O1. The summed E-state index contributed by atoms with van der Waals surface area (Å²) in [5.74, 6) is 0.450. The van der Waals surface area contributed by atoms with E-state index in [0.29, 0.717) is 5.90 Å². The second-order valence-electron chi connectivity index (χ2n) is 3.53. The van der Waals surface area contributed by atoms with Gasteiger partial charge < -0.3 is 9.94 Å². The molecule has 0 N–H and O–H groups in total. The number of ether oxygens (including phenoxy) is 1. The molecule has 0 aromatic heterocycles. The summed E-state index contributed by atoms with van der Waals surface area (Å²) in [5.41, 5.74) is 1.05. The highest BCUT2D eigenvalue weighted by atomic mass is 16.6. The predicted octanol–water partition coefficient (Wildman–Crippen LogP) is 2.08. The Morgan fingerprint density at radius 1 is 1.29 bits per heavy atom. The molecule has 3 nitrogen and oxygen atoms in total. The Balaban J connectivity index is 2.25. The zero-order valence-corrected chi connectivity index (χ0v) is 8.31. The quantitative estimate of drug-likeness (QED) is 0.503. The van der Waals surface area contributed by atoms with E-state index >= 15 is 0 Å². The molecule has 2 rings (SSSR count). The van der Waals surface area contributed by atoms with Crippen LogP contribution < -0.4 is 0 Å². The Labute approximate surface area is 83.2 Å². The van der Waals surface area contributed by atoms with E-state index in [4.69, 9.17) is 4.74 Å². The molecule has 1 aromatic rings. The first-order chi connectivity index (χ1) is 6.70. The summed E-state index contributed by atoms with van der Waals surface area (Å²) in [7, 11) is 0. The van der Waals surface area contributed by atoms with Gasteiger partial charge in [-0.2, -0.15) is 4.74 Å². The van der Waals surface area contributed by atoms with Crippen LogP contribution in [-0.2, 0) is 4.74 Å². The van der Waals surface area contributed by atoms with Crippen LogP contribution >= 0.6 is 0 Å². The average molecular weight is 191 g/mol. The molecule has 0 saturated carbocycles. The average Bonchev–Trinajstić information content (AvgIpc) is 2.47. The minimum atomic E-state index is -0.141. The van der Waals surface area contributed by atoms with Gasteiger partial charge in [0.15, 0.2) is 6.10 Å². The molecule has 1 aliphatic heterocycles. The first-order valence-corrected chi connectivity index (χ1v) is 4.71. The van der Waals surface area contributed by atoms with Gasteiger partial charge in [-0.05, 0) is 5.56 Å². The van der Waals surface area contributed by atoms with Crippen molar-refractivity contribution in [1.29, 1.82) is 0 Å². The van der Waals surface area contributed by atoms with E-state index in [0.717, 1.165) is 10.3 Å². The lowest BCUT2D eigenvalue weighted by Crippen LogP contribution is -2.19. The zero-order valence-electron chi connectivity index (χ0n) is 8.31. The van der Waals surface area contributed by atoms with Gasteiger partial charge in [-0.3, -0.25) is 0 Å². The van der Waals surface area contributed by atoms with Gasteiger partial charge in [0, 0.05) is 6.92 Å². The topological polar surface area (TPSA) is 35.3 Å². The fourth-order valence-electron chi connectivity index (χ4n) is 1.73. The molecule has 0 aliphatic carbocycles. The third-order valence-electron chi connectivity index (χ3n) is 2.54. The lowest BCUT2D eigenvalue weighted by molar-refractivity contribution is -0.490. The zero-order chi connectivity index (χ0) is 10.1. The third-order valence-corrected chi connectivity index (χ3v) is 2.54. The standard InChI is InChI=1S/C11H13NO2/c1-8-11(14-9(2)12(8)13)10-6-4-3-5-7-10/h3-8,11H,1-2H3/t8-,11-/m1/s1. The fraction of sp³-hybridized carbons (Fsp3) is 0.364. The van der Waals surface area contributed by atoms with Gasteiger partial charge in [0.1, 0.15) is 0 Å². The number of hydroxylamine groups is 1. The summed E-state index contributed by atoms with van der Waals surface area (Å²) >= 11 is 0. The van der Waals surface area contributed by atoms with Crippen LogP contribution in [0.5, 0.6) is 0 Å². The van der Waals surface area contributed by atoms with Crippen molar-refractivity contribution < 1.29 is 9.48 Å². The minimum absolute atomic E-state index is 0.131. The smallest absolute Gasteiger partial charge is 0.345 e. The molecule has 1 aliphatic rings. The van der Waals surface area contributed by atoms with E-state index in [1.54, 1.807) is 6.92 Å². The third kappa shape index (κ3) is 1.35. The number of benzene rings is 1. The van der Waals surface area contributed by atoms with Crippen LogP contribution in [0.4, 0.5) is 0 Å². The van der Waals surface area contributed by atoms with E-state index in [1.165, 1.54) is 0 Å². The van der Waals surface area contributed by atoms with Crippen LogP contribution in [0, 0.1) is 5.21 Å². The fourth-order valence-corrected chi connectivity index (χ4v) is 1.73. The largest absolute Gasteiger partial charge is 0.621 e. The van der Waals surface area contributed by atoms with Crippen LogP contribution in [0.25, 0.3) is 0 Å². The molecule has 1 aromatic carbocycles. The Kier molecular flexibility index (Phi) is 2.15. The van der Waals surface area contributed by atoms with Crippen LogP contribution in [0.1, 0.15) is 25.5 Å². The predicted molar refractivity (Wildman–Crippen MR) is 54.0 cm³/mol. The molecule has 0 bridgehead atoms. The van der Waals surface area contributed by atoms with Crippen molar-refractivity contribution in [3.63, 3.8) is 0 Å². The number of nitrogens with zero attached hydrogens (tertiary/aromatic N) is 1. The summed E-state index contributed by atoms with van der Waals surface area (Å²) < 4.78 is 6.43. The molecule has 0 fully saturated rings. The van der Waals surface area contributed by atoms with E-state index < -0.39 is 0 Å². The monoisotopic (exact) mass is 191 g/mol. The molecule has 14 heavy (non-hydrogen) atoms. The minimum Gasteiger partial charge on any atom is -0.621 e. The van der Waals surface area contributed by atoms with Crippen molar-refractivity contribution in [3.8, 4) is 0 Å². The molecule has 0 amide bonds. The van der Waals surface area contributed by atoms with Crippen LogP contribution in [0.3, 0.4) is 0 Å². The lowest BCUT2D eigenvalue weighted by atomic mass is 10.0. The summed E-state index contributed by atoms with van der Waals surface area (Å²) in [5, 5.41) is 11.4. The van der Waals surface area contributed by atoms with Gasteiger partial charge in [-0.1, -0.05) is 30.3 Å². The van der Waals surface area contributed by atoms with Crippen molar-refractivity contribution in [2.75, 3.05) is 0 Å². The normalized spacial score (nSPS) is 26.4. The number of rotatable bonds is 1. The Morgan fingerprint density at radius 3 is 2.43 bits per heavy atom. The molecular formula is C11H13NO2. The number of hydrogen-bond acceptors (Lipinski definition) is 2. The van der Waals surface area contributed by atoms with Gasteiger partial charge in [0.05, 0.1) is 6.92 Å². The first-order valence-electron chi connectivity index (χ1n) is 4.71. The molecule has 74 valence electrons. The van der Waals surface area contributed by atoms with Crippen molar-refractivity contribution in [3.05, 3.63) is 41.1 Å². The Bertz CT molecular complexity index is 359. The van der Waals surface area contributed by atoms with Crippen LogP contribution in [0.2, 0.25) is 0 Å². The summed E-state index contributed by atoms with van der Waals surface area (Å²) in [6, 6.07) is 9.68. The maximum Gasteiger partial charge on any atom is 0.345 e. The second-order valence-corrected chi connectivity index (χ2v) is 3.53. The summed E-state index contributed by atoms with van der Waals surface area (Å²) in [4.78, 5) is 0. The van der Waals surface area contributed by atoms with Crippen LogP contribution in [-0.4, -0.2) is 16.7 Å². The van der Waals surface area contributed by atoms with E-state index in [1.807, 2.05) is 37.3 Å². The number of hydrogen-bond donors (Lipinski definition) is 0. The summed E-state index contributed by atoms with van der Waals surface area (Å²) in [6.45, 7) is 3.58. The first kappa shape index (κ1) is 9.06. The lowest BCUT2D eigenvalue weighted by Gasteiger charge is -2.12. The van der Waals surface area contributed by atoms with Crippen molar-refractivity contribution >= 4 is 5.90 Å². The van der Waals surface area contributed by atoms with Gasteiger partial charge in [0.25, 0.3) is 0 Å². The molecule has 0 unspecified atom stereocenters. The highest BCUT2D eigenvalue weighted by Crippen LogP contribution is 2.27. The molecule has 2 atom stereocenters. The second kappa shape index (κ2) is 3.33. The van der Waals surface area contributed by atoms with Gasteiger partial charge in [0.2, 0.25) is 6.04 Å². The molecular weight excluding hydrogens is 178 g/mol. The Hall–Kier alpha value is -1.51. The molecule has 0 radical (unpaired) electrons. The van der Waals surface area contributed by atoms with E-state index in [9.17, 15) is 5.21 Å². The Morgan fingerprint density at radius 2 is 1.93 bits per heavy atom. The van der Waals surface area contributed by atoms with E-state index in [2.05, 4.69) is 0 Å². The summed E-state index contributed by atoms with van der Waals surface area (Å²) in [6.07, 6.45) is -0.131. The van der Waals surface area contributed by atoms with Gasteiger partial charge >= 0.3 is 5.90 Å². The molecule has 0 spiro atoms. The van der Waals surface area contributed by atoms with Crippen molar-refractivity contribution in [1.82, 2.24) is 0 Å². The van der Waals surface area contributed by atoms with Gasteiger partial charge in [-0.25, -0.2) is 0 Å². The van der Waals surface area contributed by atoms with Crippen molar-refractivity contribution in [2.45, 2.75) is 26.0 Å². The highest BCUT2D eigenvalue weighted by Gasteiger charge is 2.36. The molecule has 3 heteroatoms. The van der Waals surface area contributed by atoms with E-state index in [-0.39, 0.29) is 12.1 Å². The van der Waals surface area contributed by atoms with Crippen LogP contribution in [0.15, 0.2) is 30.3 Å². The highest BCUT2D eigenvalue weighted by molar-refractivity contribution is 5.69. The maximum absolute atomic E-state index is 11.4. The molecule has 0 saturated heterocycles. The molecule has 1 heterocycles.